The van der Waals surface area contributed by atoms with Gasteiger partial charge in [-0.15, -0.1) is 10.2 Å². The molecule has 0 amide bonds. The lowest BCUT2D eigenvalue weighted by atomic mass is 10.1. The number of H-pyrrole nitrogens is 1. The standard InChI is InChI=1S/C16H15N5O/c1-9-5-13(17)16-20-19-15(21(16)8-9)12-7-18-14-4-3-10(22-2)6-11(12)14/h3-8,18H,17H2,1-2H3. The van der Waals surface area contributed by atoms with E-state index in [0.29, 0.717) is 11.3 Å². The highest BCUT2D eigenvalue weighted by Crippen LogP contribution is 2.31. The molecule has 4 rings (SSSR count). The number of hydrogen-bond donors (Lipinski definition) is 2. The van der Waals surface area contributed by atoms with E-state index in [1.807, 2.05) is 48.0 Å². The summed E-state index contributed by atoms with van der Waals surface area (Å²) >= 11 is 0. The molecule has 3 aromatic heterocycles. The zero-order valence-electron chi connectivity index (χ0n) is 12.3. The van der Waals surface area contributed by atoms with Crippen LogP contribution in [0.15, 0.2) is 36.7 Å². The highest BCUT2D eigenvalue weighted by atomic mass is 16.5. The van der Waals surface area contributed by atoms with Crippen LogP contribution >= 0.6 is 0 Å². The molecule has 6 nitrogen and oxygen atoms in total. The lowest BCUT2D eigenvalue weighted by molar-refractivity contribution is 0.415. The summed E-state index contributed by atoms with van der Waals surface area (Å²) in [5.74, 6) is 1.56. The SMILES string of the molecule is COc1ccc2[nH]cc(-c3nnc4c(N)cc(C)cn34)c2c1. The third-order valence-electron chi connectivity index (χ3n) is 3.80. The number of pyridine rings is 1. The first-order valence-corrected chi connectivity index (χ1v) is 6.94. The number of hydrogen-bond acceptors (Lipinski definition) is 4. The fourth-order valence-electron chi connectivity index (χ4n) is 2.76. The number of aromatic nitrogens is 4. The van der Waals surface area contributed by atoms with E-state index < -0.39 is 0 Å². The number of benzene rings is 1. The molecule has 0 saturated carbocycles. The van der Waals surface area contributed by atoms with Crippen molar-refractivity contribution in [3.8, 4) is 17.1 Å². The molecule has 3 heterocycles. The molecule has 22 heavy (non-hydrogen) atoms. The number of aromatic amines is 1. The number of aryl methyl sites for hydroxylation is 1. The number of ether oxygens (including phenoxy) is 1. The Labute approximate surface area is 126 Å². The van der Waals surface area contributed by atoms with Gasteiger partial charge in [0, 0.05) is 28.9 Å². The van der Waals surface area contributed by atoms with Gasteiger partial charge < -0.3 is 15.5 Å². The number of anilines is 1. The van der Waals surface area contributed by atoms with Gasteiger partial charge in [-0.3, -0.25) is 4.40 Å². The molecule has 0 saturated heterocycles. The molecule has 0 bridgehead atoms. The van der Waals surface area contributed by atoms with Crippen LogP contribution in [0.2, 0.25) is 0 Å². The van der Waals surface area contributed by atoms with E-state index in [4.69, 9.17) is 10.5 Å². The van der Waals surface area contributed by atoms with Crippen LogP contribution in [0.25, 0.3) is 27.9 Å². The molecule has 0 fully saturated rings. The number of nitrogens with two attached hydrogens (primary N) is 1. The van der Waals surface area contributed by atoms with E-state index in [0.717, 1.165) is 33.6 Å². The maximum absolute atomic E-state index is 6.03. The normalized spacial score (nSPS) is 11.4. The van der Waals surface area contributed by atoms with Crippen LogP contribution < -0.4 is 10.5 Å². The summed E-state index contributed by atoms with van der Waals surface area (Å²) < 4.78 is 7.24. The minimum absolute atomic E-state index is 0.621. The first kappa shape index (κ1) is 12.7. The maximum atomic E-state index is 6.03. The van der Waals surface area contributed by atoms with Gasteiger partial charge in [-0.1, -0.05) is 0 Å². The van der Waals surface area contributed by atoms with E-state index in [9.17, 15) is 0 Å². The quantitative estimate of drug-likeness (QED) is 0.595. The molecule has 4 aromatic rings. The third-order valence-corrected chi connectivity index (χ3v) is 3.80. The Morgan fingerprint density at radius 1 is 1.23 bits per heavy atom. The molecule has 3 N–H and O–H groups in total. The second kappa shape index (κ2) is 4.49. The second-order valence-corrected chi connectivity index (χ2v) is 5.30. The van der Waals surface area contributed by atoms with Crippen molar-refractivity contribution in [2.24, 2.45) is 0 Å². The minimum Gasteiger partial charge on any atom is -0.497 e. The lowest BCUT2D eigenvalue weighted by Gasteiger charge is -2.03. The molecule has 0 aliphatic heterocycles. The van der Waals surface area contributed by atoms with Gasteiger partial charge in [0.15, 0.2) is 11.5 Å². The molecule has 110 valence electrons. The minimum atomic E-state index is 0.621. The summed E-state index contributed by atoms with van der Waals surface area (Å²) in [5, 5.41) is 9.56. The van der Waals surface area contributed by atoms with E-state index in [2.05, 4.69) is 15.2 Å². The predicted molar refractivity (Wildman–Crippen MR) is 86.0 cm³/mol. The molecular weight excluding hydrogens is 278 g/mol. The van der Waals surface area contributed by atoms with Crippen molar-refractivity contribution in [2.75, 3.05) is 12.8 Å². The van der Waals surface area contributed by atoms with Crippen LogP contribution in [-0.4, -0.2) is 26.7 Å². The first-order chi connectivity index (χ1) is 10.7. The average molecular weight is 293 g/mol. The highest BCUT2D eigenvalue weighted by molar-refractivity contribution is 5.95. The van der Waals surface area contributed by atoms with Gasteiger partial charge in [-0.05, 0) is 36.8 Å². The van der Waals surface area contributed by atoms with Crippen molar-refractivity contribution in [3.63, 3.8) is 0 Å². The maximum Gasteiger partial charge on any atom is 0.184 e. The van der Waals surface area contributed by atoms with Crippen LogP contribution in [-0.2, 0) is 0 Å². The van der Waals surface area contributed by atoms with Gasteiger partial charge in [-0.25, -0.2) is 0 Å². The monoisotopic (exact) mass is 293 g/mol. The largest absolute Gasteiger partial charge is 0.497 e. The smallest absolute Gasteiger partial charge is 0.184 e. The van der Waals surface area contributed by atoms with Crippen molar-refractivity contribution in [1.82, 2.24) is 19.6 Å². The van der Waals surface area contributed by atoms with Crippen LogP contribution in [0, 0.1) is 6.92 Å². The second-order valence-electron chi connectivity index (χ2n) is 5.30. The van der Waals surface area contributed by atoms with E-state index >= 15 is 0 Å². The van der Waals surface area contributed by atoms with Crippen molar-refractivity contribution >= 4 is 22.2 Å². The Kier molecular flexibility index (Phi) is 2.59. The van der Waals surface area contributed by atoms with Crippen LogP contribution in [0.4, 0.5) is 5.69 Å². The molecule has 0 atom stereocenters. The zero-order chi connectivity index (χ0) is 15.3. The molecule has 0 aliphatic rings. The van der Waals surface area contributed by atoms with Gasteiger partial charge in [0.05, 0.1) is 12.8 Å². The van der Waals surface area contributed by atoms with E-state index in [-0.39, 0.29) is 0 Å². The van der Waals surface area contributed by atoms with Crippen molar-refractivity contribution in [2.45, 2.75) is 6.92 Å². The molecule has 0 aliphatic carbocycles. The van der Waals surface area contributed by atoms with Gasteiger partial charge >= 0.3 is 0 Å². The van der Waals surface area contributed by atoms with Crippen molar-refractivity contribution in [3.05, 3.63) is 42.2 Å². The van der Waals surface area contributed by atoms with Crippen molar-refractivity contribution in [1.29, 1.82) is 0 Å². The Morgan fingerprint density at radius 2 is 2.09 bits per heavy atom. The topological polar surface area (TPSA) is 81.2 Å². The van der Waals surface area contributed by atoms with Gasteiger partial charge in [0.25, 0.3) is 0 Å². The lowest BCUT2D eigenvalue weighted by Crippen LogP contribution is -1.95. The summed E-state index contributed by atoms with van der Waals surface area (Å²) in [6, 6.07) is 7.79. The Morgan fingerprint density at radius 3 is 2.91 bits per heavy atom. The average Bonchev–Trinajstić information content (AvgIpc) is 3.09. The summed E-state index contributed by atoms with van der Waals surface area (Å²) in [7, 11) is 1.66. The molecule has 6 heteroatoms. The van der Waals surface area contributed by atoms with Crippen LogP contribution in [0.3, 0.4) is 0 Å². The van der Waals surface area contributed by atoms with Crippen LogP contribution in [0.1, 0.15) is 5.56 Å². The number of nitrogens with zero attached hydrogens (tertiary/aromatic N) is 3. The summed E-state index contributed by atoms with van der Waals surface area (Å²) in [6.45, 7) is 2.00. The molecule has 0 spiro atoms. The Balaban J connectivity index is 2.03. The molecule has 1 aromatic carbocycles. The van der Waals surface area contributed by atoms with Crippen molar-refractivity contribution < 1.29 is 4.74 Å². The molecule has 0 radical (unpaired) electrons. The summed E-state index contributed by atoms with van der Waals surface area (Å²) in [4.78, 5) is 3.25. The first-order valence-electron chi connectivity index (χ1n) is 6.94. The fraction of sp³-hybridized carbons (Fsp3) is 0.125. The summed E-state index contributed by atoms with van der Waals surface area (Å²) in [5.41, 5.74) is 10.4. The Hall–Kier alpha value is -3.02. The van der Waals surface area contributed by atoms with E-state index in [1.54, 1.807) is 7.11 Å². The summed E-state index contributed by atoms with van der Waals surface area (Å²) in [6.07, 6.45) is 3.92. The third kappa shape index (κ3) is 1.74. The Bertz CT molecular complexity index is 999. The van der Waals surface area contributed by atoms with Crippen LogP contribution in [0.5, 0.6) is 5.75 Å². The fourth-order valence-corrected chi connectivity index (χ4v) is 2.76. The number of rotatable bonds is 2. The number of methoxy groups -OCH3 is 1. The zero-order valence-corrected chi connectivity index (χ0v) is 12.3. The van der Waals surface area contributed by atoms with E-state index in [1.165, 1.54) is 0 Å². The molecule has 0 unspecified atom stereocenters. The highest BCUT2D eigenvalue weighted by Gasteiger charge is 2.15. The molecular formula is C16H15N5O. The van der Waals surface area contributed by atoms with Gasteiger partial charge in [0.2, 0.25) is 0 Å². The van der Waals surface area contributed by atoms with Gasteiger partial charge in [-0.2, -0.15) is 0 Å². The van der Waals surface area contributed by atoms with Gasteiger partial charge in [0.1, 0.15) is 5.75 Å². The predicted octanol–water partition coefficient (Wildman–Crippen LogP) is 2.78. The number of nitrogens with one attached hydrogen (secondary N) is 1. The number of fused-ring (bicyclic) bond motifs is 2. The number of nitrogen functional groups attached to an aromatic ring is 1.